The molecule has 2 aliphatic carbocycles. The molecule has 2 rings (SSSR count). The molecule has 0 nitrogen and oxygen atoms in total. The molecule has 80 valence electrons. The van der Waals surface area contributed by atoms with Gasteiger partial charge in [0.25, 0.3) is 0 Å². The molecule has 0 aromatic rings. The van der Waals surface area contributed by atoms with Crippen molar-refractivity contribution in [3.63, 3.8) is 0 Å². The molecule has 0 unspecified atom stereocenters. The van der Waals surface area contributed by atoms with Crippen LogP contribution < -0.4 is 17.0 Å². The van der Waals surface area contributed by atoms with Crippen LogP contribution in [0, 0.1) is 12.2 Å². The van der Waals surface area contributed by atoms with Gasteiger partial charge in [-0.05, 0) is 0 Å². The molecular formula is C12H17BrSiZr. The minimum Gasteiger partial charge on any atom is -1.00 e. The molecule has 0 fully saturated rings. The fourth-order valence-corrected chi connectivity index (χ4v) is 0.680. The smallest absolute Gasteiger partial charge is 1.00 e. The van der Waals surface area contributed by atoms with Crippen LogP contribution in [0.5, 0.6) is 0 Å². The van der Waals surface area contributed by atoms with Crippen molar-refractivity contribution in [3.05, 3.63) is 48.6 Å². The predicted molar refractivity (Wildman–Crippen MR) is 62.0 cm³/mol. The van der Waals surface area contributed by atoms with Crippen molar-refractivity contribution in [3.8, 4) is 0 Å². The number of rotatable bonds is 0. The quantitative estimate of drug-likeness (QED) is 0.426. The van der Waals surface area contributed by atoms with Crippen molar-refractivity contribution in [2.24, 2.45) is 0 Å². The number of hydrogen-bond donors (Lipinski definition) is 0. The van der Waals surface area contributed by atoms with E-state index >= 15 is 0 Å². The summed E-state index contributed by atoms with van der Waals surface area (Å²) in [6.45, 7) is 4.42. The fraction of sp³-hybridized carbons (Fsp3) is 0.333. The monoisotopic (exact) mass is 358 g/mol. The molecule has 0 aromatic heterocycles. The second-order valence-corrected chi connectivity index (χ2v) is 3.74. The molecule has 0 bridgehead atoms. The summed E-state index contributed by atoms with van der Waals surface area (Å²) in [5.74, 6) is 0. The zero-order valence-electron chi connectivity index (χ0n) is 9.33. The van der Waals surface area contributed by atoms with Crippen molar-refractivity contribution in [1.82, 2.24) is 0 Å². The summed E-state index contributed by atoms with van der Waals surface area (Å²) in [6.07, 6.45) is 20.0. The molecular weight excluding hydrogens is 343 g/mol. The van der Waals surface area contributed by atoms with Gasteiger partial charge in [-0.3, -0.25) is 12.2 Å². The molecule has 2 radical (unpaired) electrons. The molecule has 0 N–H and O–H groups in total. The van der Waals surface area contributed by atoms with Gasteiger partial charge in [-0.15, -0.1) is 12.8 Å². The predicted octanol–water partition coefficient (Wildman–Crippen LogP) is 0.132. The van der Waals surface area contributed by atoms with E-state index in [2.05, 4.69) is 37.4 Å². The standard InChI is InChI=1S/2C5H5.C2H7Si.BrH.Zr/c2*1-2-4-5-3-1;1-3-2;;/h2*1-3H,4H2;3H,1-2H3;1H;/q2*-1;;;+3/p-1. The first kappa shape index (κ1) is 20.9. The van der Waals surface area contributed by atoms with E-state index < -0.39 is 0 Å². The van der Waals surface area contributed by atoms with E-state index in [-0.39, 0.29) is 43.2 Å². The molecule has 0 amide bonds. The van der Waals surface area contributed by atoms with Crippen LogP contribution in [-0.2, 0) is 26.2 Å². The SMILES string of the molecule is C[SiH]C.[Br-].[C-]1=CC=CC1.[C-]1=CC=CC1.[Zr+3]. The Morgan fingerprint density at radius 2 is 1.27 bits per heavy atom. The molecule has 0 aromatic carbocycles. The van der Waals surface area contributed by atoms with Gasteiger partial charge in [-0.1, -0.05) is 13.1 Å². The van der Waals surface area contributed by atoms with Crippen LogP contribution in [0.2, 0.25) is 13.1 Å². The Kier molecular flexibility index (Phi) is 27.9. The molecule has 15 heavy (non-hydrogen) atoms. The van der Waals surface area contributed by atoms with Crippen LogP contribution in [0.15, 0.2) is 36.5 Å². The third-order valence-corrected chi connectivity index (χ3v) is 1.17. The topological polar surface area (TPSA) is 0 Å². The van der Waals surface area contributed by atoms with Gasteiger partial charge in [0.15, 0.2) is 0 Å². The summed E-state index contributed by atoms with van der Waals surface area (Å²) < 4.78 is 0. The van der Waals surface area contributed by atoms with Crippen molar-refractivity contribution < 1.29 is 43.2 Å². The summed E-state index contributed by atoms with van der Waals surface area (Å²) in [6, 6.07) is 0. The van der Waals surface area contributed by atoms with Crippen molar-refractivity contribution in [1.29, 1.82) is 0 Å². The van der Waals surface area contributed by atoms with Crippen LogP contribution in [0.4, 0.5) is 0 Å². The van der Waals surface area contributed by atoms with Crippen LogP contribution in [-0.4, -0.2) is 9.52 Å². The first-order valence-electron chi connectivity index (χ1n) is 4.59. The molecule has 0 aliphatic heterocycles. The van der Waals surface area contributed by atoms with E-state index in [4.69, 9.17) is 0 Å². The Labute approximate surface area is 126 Å². The molecule has 0 atom stereocenters. The maximum atomic E-state index is 2.99. The van der Waals surface area contributed by atoms with Crippen LogP contribution >= 0.6 is 0 Å². The van der Waals surface area contributed by atoms with Crippen LogP contribution in [0.3, 0.4) is 0 Å². The van der Waals surface area contributed by atoms with E-state index in [1.165, 1.54) is 0 Å². The van der Waals surface area contributed by atoms with E-state index in [1.54, 1.807) is 0 Å². The summed E-state index contributed by atoms with van der Waals surface area (Å²) >= 11 is 0. The molecule has 3 heteroatoms. The zero-order chi connectivity index (χ0) is 9.78. The molecule has 0 spiro atoms. The Bertz CT molecular complexity index is 166. The third-order valence-electron chi connectivity index (χ3n) is 1.17. The number of allylic oxidation sites excluding steroid dienone is 8. The average molecular weight is 360 g/mol. The van der Waals surface area contributed by atoms with Gasteiger partial charge < -0.3 is 17.0 Å². The Morgan fingerprint density at radius 1 is 0.933 bits per heavy atom. The maximum Gasteiger partial charge on any atom is 3.00 e. The first-order valence-corrected chi connectivity index (χ1v) is 6.90. The Hall–Kier alpha value is 0.540. The number of halogens is 1. The molecule has 0 saturated carbocycles. The summed E-state index contributed by atoms with van der Waals surface area (Å²) in [7, 11) is 0.750. The van der Waals surface area contributed by atoms with Crippen molar-refractivity contribution in [2.75, 3.05) is 0 Å². The van der Waals surface area contributed by atoms with Gasteiger partial charge in [-0.25, -0.2) is 24.3 Å². The van der Waals surface area contributed by atoms with Gasteiger partial charge in [-0.2, -0.15) is 12.2 Å². The molecule has 0 saturated heterocycles. The third kappa shape index (κ3) is 20.6. The zero-order valence-corrected chi connectivity index (χ0v) is 14.5. The van der Waals surface area contributed by atoms with Gasteiger partial charge in [0.2, 0.25) is 0 Å². The fourth-order valence-electron chi connectivity index (χ4n) is 0.680. The maximum absolute atomic E-state index is 2.99. The van der Waals surface area contributed by atoms with Crippen molar-refractivity contribution >= 4 is 9.52 Å². The second kappa shape index (κ2) is 20.0. The van der Waals surface area contributed by atoms with Gasteiger partial charge in [0.05, 0.1) is 0 Å². The minimum absolute atomic E-state index is 0. The minimum atomic E-state index is 0. The Balaban J connectivity index is -0.000000140. The summed E-state index contributed by atoms with van der Waals surface area (Å²) in [5.41, 5.74) is 0. The molecule has 2 aliphatic rings. The summed E-state index contributed by atoms with van der Waals surface area (Å²) in [5, 5.41) is 0. The van der Waals surface area contributed by atoms with Gasteiger partial charge >= 0.3 is 26.2 Å². The van der Waals surface area contributed by atoms with Crippen LogP contribution in [0.1, 0.15) is 12.8 Å². The second-order valence-electron chi connectivity index (χ2n) is 2.58. The van der Waals surface area contributed by atoms with Crippen LogP contribution in [0.25, 0.3) is 0 Å². The normalized spacial score (nSPS) is 12.9. The summed E-state index contributed by atoms with van der Waals surface area (Å²) in [4.78, 5) is 0. The molecule has 0 heterocycles. The van der Waals surface area contributed by atoms with Gasteiger partial charge in [0.1, 0.15) is 0 Å². The number of hydrogen-bond acceptors (Lipinski definition) is 0. The van der Waals surface area contributed by atoms with E-state index in [1.807, 2.05) is 24.3 Å². The van der Waals surface area contributed by atoms with E-state index in [0.29, 0.717) is 0 Å². The largest absolute Gasteiger partial charge is 3.00 e. The Morgan fingerprint density at radius 3 is 1.33 bits per heavy atom. The first-order chi connectivity index (χ1) is 6.41. The van der Waals surface area contributed by atoms with Gasteiger partial charge in [0, 0.05) is 9.52 Å². The van der Waals surface area contributed by atoms with E-state index in [0.717, 1.165) is 22.4 Å². The van der Waals surface area contributed by atoms with E-state index in [9.17, 15) is 0 Å². The van der Waals surface area contributed by atoms with Crippen molar-refractivity contribution in [2.45, 2.75) is 25.9 Å². The average Bonchev–Trinajstić information content (AvgIpc) is 2.85.